The lowest BCUT2D eigenvalue weighted by molar-refractivity contribution is -0.122. The molecule has 0 spiro atoms. The van der Waals surface area contributed by atoms with Crippen molar-refractivity contribution in [3.05, 3.63) is 29.8 Å². The zero-order valence-corrected chi connectivity index (χ0v) is 19.6. The Morgan fingerprint density at radius 2 is 1.97 bits per heavy atom. The SMILES string of the molecule is CN=C(NCc1cccc(OCC(N)=O)c1)N1CCN(CC(=O)NC2CC2)CC1.I. The van der Waals surface area contributed by atoms with Gasteiger partial charge >= 0.3 is 0 Å². The minimum Gasteiger partial charge on any atom is -0.484 e. The molecule has 0 unspecified atom stereocenters. The van der Waals surface area contributed by atoms with E-state index in [0.717, 1.165) is 50.5 Å². The summed E-state index contributed by atoms with van der Waals surface area (Å²) in [7, 11) is 1.77. The quantitative estimate of drug-likeness (QED) is 0.251. The molecule has 0 radical (unpaired) electrons. The van der Waals surface area contributed by atoms with Crippen LogP contribution in [0.1, 0.15) is 18.4 Å². The number of carbonyl (C=O) groups excluding carboxylic acids is 2. The number of aliphatic imine (C=N–C) groups is 1. The maximum absolute atomic E-state index is 12.0. The molecule has 0 aromatic heterocycles. The minimum absolute atomic E-state index is 0. The molecule has 1 saturated carbocycles. The topological polar surface area (TPSA) is 112 Å². The second-order valence-electron chi connectivity index (χ2n) is 7.41. The van der Waals surface area contributed by atoms with Gasteiger partial charge in [-0.2, -0.15) is 0 Å². The standard InChI is InChI=1S/C20H30N6O3.HI/c1-22-20(23-12-15-3-2-4-17(11-15)29-14-18(21)27)26-9-7-25(8-10-26)13-19(28)24-16-5-6-16;/h2-4,11,16H,5-10,12-14H2,1H3,(H2,21,27)(H,22,23)(H,24,28);1H. The number of nitrogens with two attached hydrogens (primary N) is 1. The first-order chi connectivity index (χ1) is 14.0. The number of nitrogens with zero attached hydrogens (tertiary/aromatic N) is 3. The number of amides is 2. The van der Waals surface area contributed by atoms with E-state index in [4.69, 9.17) is 10.5 Å². The number of guanidine groups is 1. The highest BCUT2D eigenvalue weighted by Crippen LogP contribution is 2.18. The highest BCUT2D eigenvalue weighted by Gasteiger charge is 2.25. The van der Waals surface area contributed by atoms with E-state index in [1.807, 2.05) is 18.2 Å². The van der Waals surface area contributed by atoms with Gasteiger partial charge in [0.1, 0.15) is 5.75 Å². The largest absolute Gasteiger partial charge is 0.484 e. The van der Waals surface area contributed by atoms with E-state index in [9.17, 15) is 9.59 Å². The Kier molecular flexibility index (Phi) is 9.63. The zero-order chi connectivity index (χ0) is 20.6. The predicted molar refractivity (Wildman–Crippen MR) is 126 cm³/mol. The summed E-state index contributed by atoms with van der Waals surface area (Å²) in [5, 5.41) is 6.41. The lowest BCUT2D eigenvalue weighted by Crippen LogP contribution is -2.54. The van der Waals surface area contributed by atoms with Gasteiger partial charge in [-0.25, -0.2) is 0 Å². The van der Waals surface area contributed by atoms with E-state index < -0.39 is 5.91 Å². The number of halogens is 1. The molecular formula is C20H31IN6O3. The summed E-state index contributed by atoms with van der Waals surface area (Å²) in [5.41, 5.74) is 6.13. The third-order valence-corrected chi connectivity index (χ3v) is 4.92. The maximum Gasteiger partial charge on any atom is 0.255 e. The van der Waals surface area contributed by atoms with Crippen LogP contribution in [-0.4, -0.2) is 80.0 Å². The smallest absolute Gasteiger partial charge is 0.255 e. The van der Waals surface area contributed by atoms with Crippen LogP contribution in [0.15, 0.2) is 29.3 Å². The first-order valence-electron chi connectivity index (χ1n) is 10.0. The Labute approximate surface area is 194 Å². The van der Waals surface area contributed by atoms with Crippen molar-refractivity contribution in [2.75, 3.05) is 46.4 Å². The van der Waals surface area contributed by atoms with Gasteiger partial charge in [-0.05, 0) is 30.5 Å². The average molecular weight is 530 g/mol. The Morgan fingerprint density at radius 3 is 2.60 bits per heavy atom. The van der Waals surface area contributed by atoms with E-state index in [1.165, 1.54) is 0 Å². The van der Waals surface area contributed by atoms with Gasteiger partial charge in [-0.3, -0.25) is 19.5 Å². The van der Waals surface area contributed by atoms with Gasteiger partial charge in [-0.15, -0.1) is 24.0 Å². The van der Waals surface area contributed by atoms with Crippen LogP contribution in [0.5, 0.6) is 5.75 Å². The van der Waals surface area contributed by atoms with Crippen LogP contribution in [0, 0.1) is 0 Å². The minimum atomic E-state index is -0.502. The molecule has 2 amide bonds. The van der Waals surface area contributed by atoms with Gasteiger partial charge in [0.25, 0.3) is 5.91 Å². The van der Waals surface area contributed by atoms with E-state index in [-0.39, 0.29) is 36.5 Å². The molecule has 9 nitrogen and oxygen atoms in total. The van der Waals surface area contributed by atoms with Crippen molar-refractivity contribution in [1.29, 1.82) is 0 Å². The fourth-order valence-electron chi connectivity index (χ4n) is 3.23. The number of primary amides is 1. The van der Waals surface area contributed by atoms with Crippen molar-refractivity contribution in [3.63, 3.8) is 0 Å². The number of hydrogen-bond donors (Lipinski definition) is 3. The van der Waals surface area contributed by atoms with Crippen LogP contribution < -0.4 is 21.1 Å². The molecule has 1 saturated heterocycles. The van der Waals surface area contributed by atoms with E-state index in [1.54, 1.807) is 13.1 Å². The molecule has 1 heterocycles. The normalized spacial score (nSPS) is 17.1. The molecular weight excluding hydrogens is 499 g/mol. The Hall–Kier alpha value is -2.08. The third kappa shape index (κ3) is 7.98. The lowest BCUT2D eigenvalue weighted by atomic mass is 10.2. The number of hydrogen-bond acceptors (Lipinski definition) is 5. The molecule has 2 aliphatic rings. The number of benzene rings is 1. The summed E-state index contributed by atoms with van der Waals surface area (Å²) in [4.78, 5) is 31.6. The molecule has 1 aromatic carbocycles. The molecule has 1 aromatic rings. The molecule has 1 aliphatic heterocycles. The molecule has 30 heavy (non-hydrogen) atoms. The molecule has 3 rings (SSSR count). The van der Waals surface area contributed by atoms with Gasteiger partial charge in [0, 0.05) is 45.8 Å². The Morgan fingerprint density at radius 1 is 1.23 bits per heavy atom. The molecule has 10 heteroatoms. The van der Waals surface area contributed by atoms with E-state index in [2.05, 4.69) is 25.4 Å². The Balaban J connectivity index is 0.00000320. The van der Waals surface area contributed by atoms with Crippen molar-refractivity contribution < 1.29 is 14.3 Å². The van der Waals surface area contributed by atoms with Crippen molar-refractivity contribution >= 4 is 41.8 Å². The van der Waals surface area contributed by atoms with Crippen LogP contribution in [-0.2, 0) is 16.1 Å². The molecule has 1 aliphatic carbocycles. The average Bonchev–Trinajstić information content (AvgIpc) is 3.52. The number of nitrogens with one attached hydrogen (secondary N) is 2. The van der Waals surface area contributed by atoms with Crippen molar-refractivity contribution in [2.24, 2.45) is 10.7 Å². The number of carbonyl (C=O) groups is 2. The van der Waals surface area contributed by atoms with Crippen molar-refractivity contribution in [1.82, 2.24) is 20.4 Å². The second-order valence-corrected chi connectivity index (χ2v) is 7.41. The summed E-state index contributed by atoms with van der Waals surface area (Å²) in [6, 6.07) is 7.93. The van der Waals surface area contributed by atoms with E-state index >= 15 is 0 Å². The lowest BCUT2D eigenvalue weighted by Gasteiger charge is -2.36. The molecule has 4 N–H and O–H groups in total. The maximum atomic E-state index is 12.0. The summed E-state index contributed by atoms with van der Waals surface area (Å²) >= 11 is 0. The highest BCUT2D eigenvalue weighted by molar-refractivity contribution is 14.0. The van der Waals surface area contributed by atoms with E-state index in [0.29, 0.717) is 24.9 Å². The summed E-state index contributed by atoms with van der Waals surface area (Å²) in [6.07, 6.45) is 2.23. The van der Waals surface area contributed by atoms with Crippen LogP contribution >= 0.6 is 24.0 Å². The Bertz CT molecular complexity index is 748. The summed E-state index contributed by atoms with van der Waals surface area (Å²) < 4.78 is 5.35. The molecule has 166 valence electrons. The van der Waals surface area contributed by atoms with Crippen LogP contribution in [0.3, 0.4) is 0 Å². The van der Waals surface area contributed by atoms with Gasteiger partial charge in [-0.1, -0.05) is 12.1 Å². The van der Waals surface area contributed by atoms with Gasteiger partial charge in [0.2, 0.25) is 5.91 Å². The van der Waals surface area contributed by atoms with Crippen LogP contribution in [0.25, 0.3) is 0 Å². The highest BCUT2D eigenvalue weighted by atomic mass is 127. The fourth-order valence-corrected chi connectivity index (χ4v) is 3.23. The molecule has 2 fully saturated rings. The predicted octanol–water partition coefficient (Wildman–Crippen LogP) is 0.140. The molecule has 0 bridgehead atoms. The van der Waals surface area contributed by atoms with Crippen molar-refractivity contribution in [3.8, 4) is 5.75 Å². The second kappa shape index (κ2) is 11.9. The number of piperazine rings is 1. The monoisotopic (exact) mass is 530 g/mol. The third-order valence-electron chi connectivity index (χ3n) is 4.92. The summed E-state index contributed by atoms with van der Waals surface area (Å²) in [6.45, 7) is 4.21. The van der Waals surface area contributed by atoms with Crippen molar-refractivity contribution in [2.45, 2.75) is 25.4 Å². The first kappa shape index (κ1) is 24.2. The zero-order valence-electron chi connectivity index (χ0n) is 17.3. The number of rotatable bonds is 8. The summed E-state index contributed by atoms with van der Waals surface area (Å²) in [5.74, 6) is 1.06. The number of ether oxygens (including phenoxy) is 1. The van der Waals surface area contributed by atoms with Gasteiger partial charge in [0.05, 0.1) is 6.54 Å². The molecule has 0 atom stereocenters. The first-order valence-corrected chi connectivity index (χ1v) is 10.0. The van der Waals surface area contributed by atoms with Crippen LogP contribution in [0.2, 0.25) is 0 Å². The fraction of sp³-hybridized carbons (Fsp3) is 0.550. The van der Waals surface area contributed by atoms with Gasteiger partial charge in [0.15, 0.2) is 12.6 Å². The van der Waals surface area contributed by atoms with Gasteiger partial charge < -0.3 is 26.0 Å². The van der Waals surface area contributed by atoms with Crippen LogP contribution in [0.4, 0.5) is 0 Å².